The molecule has 0 bridgehead atoms. The fraction of sp³-hybridized carbons (Fsp3) is 0.750. The van der Waals surface area contributed by atoms with Crippen molar-refractivity contribution < 1.29 is 4.74 Å². The molecule has 2 heterocycles. The zero-order valence-electron chi connectivity index (χ0n) is 10.5. The Labute approximate surface area is 103 Å². The second-order valence-corrected chi connectivity index (χ2v) is 4.66. The van der Waals surface area contributed by atoms with E-state index in [0.717, 1.165) is 32.5 Å². The summed E-state index contributed by atoms with van der Waals surface area (Å²) in [6, 6.07) is 0. The summed E-state index contributed by atoms with van der Waals surface area (Å²) in [7, 11) is 1.95. The predicted molar refractivity (Wildman–Crippen MR) is 66.5 cm³/mol. The Morgan fingerprint density at radius 1 is 1.47 bits per heavy atom. The molecular formula is C12H22N4O. The van der Waals surface area contributed by atoms with E-state index in [1.54, 1.807) is 0 Å². The first-order valence-electron chi connectivity index (χ1n) is 6.29. The molecule has 0 atom stereocenters. The van der Waals surface area contributed by atoms with Crippen LogP contribution in [0, 0.1) is 0 Å². The fourth-order valence-corrected chi connectivity index (χ4v) is 2.28. The van der Waals surface area contributed by atoms with Crippen molar-refractivity contribution in [3.8, 4) is 0 Å². The Hall–Kier alpha value is -0.910. The highest BCUT2D eigenvalue weighted by molar-refractivity contribution is 5.03. The van der Waals surface area contributed by atoms with Crippen LogP contribution in [-0.4, -0.2) is 47.0 Å². The van der Waals surface area contributed by atoms with Gasteiger partial charge >= 0.3 is 0 Å². The largest absolute Gasteiger partial charge is 0.377 e. The van der Waals surface area contributed by atoms with Crippen molar-refractivity contribution in [3.05, 3.63) is 18.0 Å². The molecule has 5 nitrogen and oxygen atoms in total. The SMILES string of the molecule is Cn1cc(CN2CCC(OCCN)CC2)cn1. The Bertz CT molecular complexity index is 331. The Morgan fingerprint density at radius 3 is 2.82 bits per heavy atom. The van der Waals surface area contributed by atoms with E-state index in [1.165, 1.54) is 5.56 Å². The molecule has 0 saturated carbocycles. The lowest BCUT2D eigenvalue weighted by atomic mass is 10.1. The minimum Gasteiger partial charge on any atom is -0.377 e. The summed E-state index contributed by atoms with van der Waals surface area (Å²) < 4.78 is 7.52. The van der Waals surface area contributed by atoms with Crippen LogP contribution in [0.5, 0.6) is 0 Å². The second-order valence-electron chi connectivity index (χ2n) is 4.66. The van der Waals surface area contributed by atoms with Gasteiger partial charge in [-0.25, -0.2) is 0 Å². The fourth-order valence-electron chi connectivity index (χ4n) is 2.28. The summed E-state index contributed by atoms with van der Waals surface area (Å²) in [5.74, 6) is 0. The number of aromatic nitrogens is 2. The third-order valence-electron chi connectivity index (χ3n) is 3.17. The minimum atomic E-state index is 0.406. The molecule has 1 saturated heterocycles. The Balaban J connectivity index is 1.72. The van der Waals surface area contributed by atoms with Crippen LogP contribution in [0.15, 0.2) is 12.4 Å². The van der Waals surface area contributed by atoms with Gasteiger partial charge in [0.1, 0.15) is 0 Å². The molecule has 1 fully saturated rings. The van der Waals surface area contributed by atoms with E-state index in [1.807, 2.05) is 17.9 Å². The van der Waals surface area contributed by atoms with Gasteiger partial charge in [0.2, 0.25) is 0 Å². The molecule has 0 spiro atoms. The number of piperidine rings is 1. The molecule has 0 unspecified atom stereocenters. The molecule has 5 heteroatoms. The highest BCUT2D eigenvalue weighted by Crippen LogP contribution is 2.15. The van der Waals surface area contributed by atoms with Crippen molar-refractivity contribution in [1.29, 1.82) is 0 Å². The summed E-state index contributed by atoms with van der Waals surface area (Å²) >= 11 is 0. The van der Waals surface area contributed by atoms with E-state index in [2.05, 4.69) is 16.2 Å². The van der Waals surface area contributed by atoms with E-state index >= 15 is 0 Å². The van der Waals surface area contributed by atoms with Crippen molar-refractivity contribution in [3.63, 3.8) is 0 Å². The van der Waals surface area contributed by atoms with Gasteiger partial charge in [0.15, 0.2) is 0 Å². The Kier molecular flexibility index (Phi) is 4.53. The predicted octanol–water partition coefficient (Wildman–Crippen LogP) is 0.360. The molecule has 1 aliphatic heterocycles. The van der Waals surface area contributed by atoms with Crippen LogP contribution in [0.25, 0.3) is 0 Å². The number of hydrogen-bond donors (Lipinski definition) is 1. The summed E-state index contributed by atoms with van der Waals surface area (Å²) in [5.41, 5.74) is 6.72. The van der Waals surface area contributed by atoms with Crippen LogP contribution >= 0.6 is 0 Å². The van der Waals surface area contributed by atoms with E-state index < -0.39 is 0 Å². The third-order valence-corrected chi connectivity index (χ3v) is 3.17. The first-order chi connectivity index (χ1) is 8.28. The highest BCUT2D eigenvalue weighted by atomic mass is 16.5. The zero-order chi connectivity index (χ0) is 12.1. The molecule has 1 aromatic heterocycles. The maximum absolute atomic E-state index is 5.67. The highest BCUT2D eigenvalue weighted by Gasteiger charge is 2.19. The number of likely N-dealkylation sites (tertiary alicyclic amines) is 1. The van der Waals surface area contributed by atoms with Crippen molar-refractivity contribution >= 4 is 0 Å². The molecule has 0 radical (unpaired) electrons. The smallest absolute Gasteiger partial charge is 0.0600 e. The van der Waals surface area contributed by atoms with Crippen LogP contribution in [0.3, 0.4) is 0 Å². The molecule has 1 aliphatic rings. The van der Waals surface area contributed by atoms with Crippen molar-refractivity contribution in [2.24, 2.45) is 12.8 Å². The van der Waals surface area contributed by atoms with Gasteiger partial charge < -0.3 is 10.5 Å². The van der Waals surface area contributed by atoms with Crippen LogP contribution in [0.2, 0.25) is 0 Å². The maximum Gasteiger partial charge on any atom is 0.0600 e. The number of nitrogens with zero attached hydrogens (tertiary/aromatic N) is 3. The first kappa shape index (κ1) is 12.5. The summed E-state index contributed by atoms with van der Waals surface area (Å²) in [6.07, 6.45) is 6.65. The van der Waals surface area contributed by atoms with Gasteiger partial charge in [0.05, 0.1) is 18.9 Å². The molecule has 0 aromatic carbocycles. The topological polar surface area (TPSA) is 56.3 Å². The lowest BCUT2D eigenvalue weighted by Gasteiger charge is -2.31. The summed E-state index contributed by atoms with van der Waals surface area (Å²) in [5, 5.41) is 4.19. The number of nitrogens with two attached hydrogens (primary N) is 1. The van der Waals surface area contributed by atoms with Gasteiger partial charge in [-0.3, -0.25) is 9.58 Å². The normalized spacial score (nSPS) is 18.7. The molecule has 1 aromatic rings. The second kappa shape index (κ2) is 6.14. The van der Waals surface area contributed by atoms with Crippen molar-refractivity contribution in [1.82, 2.24) is 14.7 Å². The van der Waals surface area contributed by atoms with E-state index in [-0.39, 0.29) is 0 Å². The molecular weight excluding hydrogens is 216 g/mol. The van der Waals surface area contributed by atoms with Gasteiger partial charge in [-0.1, -0.05) is 0 Å². The maximum atomic E-state index is 5.67. The minimum absolute atomic E-state index is 0.406. The number of hydrogen-bond acceptors (Lipinski definition) is 4. The molecule has 96 valence electrons. The van der Waals surface area contributed by atoms with E-state index in [4.69, 9.17) is 10.5 Å². The van der Waals surface area contributed by atoms with Crippen molar-refractivity contribution in [2.75, 3.05) is 26.2 Å². The van der Waals surface area contributed by atoms with Crippen LogP contribution in [0.4, 0.5) is 0 Å². The average Bonchev–Trinajstić information content (AvgIpc) is 2.74. The van der Waals surface area contributed by atoms with Crippen molar-refractivity contribution in [2.45, 2.75) is 25.5 Å². The van der Waals surface area contributed by atoms with E-state index in [9.17, 15) is 0 Å². The standard InChI is InChI=1S/C12H22N4O/c1-15-9-11(8-14-15)10-16-5-2-12(3-6-16)17-7-4-13/h8-9,12H,2-7,10,13H2,1H3. The number of aryl methyl sites for hydroxylation is 1. The number of ether oxygens (including phenoxy) is 1. The van der Waals surface area contributed by atoms with Crippen LogP contribution in [0.1, 0.15) is 18.4 Å². The lowest BCUT2D eigenvalue weighted by Crippen LogP contribution is -2.37. The monoisotopic (exact) mass is 238 g/mol. The summed E-state index contributed by atoms with van der Waals surface area (Å²) in [6.45, 7) is 4.51. The molecule has 17 heavy (non-hydrogen) atoms. The average molecular weight is 238 g/mol. The Morgan fingerprint density at radius 2 is 2.24 bits per heavy atom. The zero-order valence-corrected chi connectivity index (χ0v) is 10.5. The van der Waals surface area contributed by atoms with Gasteiger partial charge in [-0.15, -0.1) is 0 Å². The summed E-state index contributed by atoms with van der Waals surface area (Å²) in [4.78, 5) is 2.46. The molecule has 2 rings (SSSR count). The molecule has 2 N–H and O–H groups in total. The van der Waals surface area contributed by atoms with Gasteiger partial charge in [-0.05, 0) is 12.8 Å². The first-order valence-corrected chi connectivity index (χ1v) is 6.29. The van der Waals surface area contributed by atoms with Gasteiger partial charge in [-0.2, -0.15) is 5.10 Å². The van der Waals surface area contributed by atoms with Gasteiger partial charge in [0, 0.05) is 45.0 Å². The van der Waals surface area contributed by atoms with Crippen LogP contribution < -0.4 is 5.73 Å². The van der Waals surface area contributed by atoms with E-state index in [0.29, 0.717) is 19.3 Å². The molecule has 0 amide bonds. The molecule has 0 aliphatic carbocycles. The van der Waals surface area contributed by atoms with Gasteiger partial charge in [0.25, 0.3) is 0 Å². The lowest BCUT2D eigenvalue weighted by molar-refractivity contribution is 0.00978. The quantitative estimate of drug-likeness (QED) is 0.804. The number of rotatable bonds is 5. The van der Waals surface area contributed by atoms with Crippen LogP contribution in [-0.2, 0) is 18.3 Å². The third kappa shape index (κ3) is 3.80.